The van der Waals surface area contributed by atoms with Gasteiger partial charge in [-0.25, -0.2) is 4.39 Å². The van der Waals surface area contributed by atoms with Crippen LogP contribution in [0.3, 0.4) is 0 Å². The smallest absolute Gasteiger partial charge is 0.124 e. The fourth-order valence-corrected chi connectivity index (χ4v) is 2.28. The Balaban J connectivity index is 2.23. The van der Waals surface area contributed by atoms with Crippen molar-refractivity contribution < 1.29 is 9.13 Å². The third-order valence-corrected chi connectivity index (χ3v) is 3.37. The average molecular weight is 243 g/mol. The first kappa shape index (κ1) is 13.5. The topological polar surface area (TPSA) is 35.2 Å². The summed E-state index contributed by atoms with van der Waals surface area (Å²) < 4.78 is 17.8. The Labute approximate surface area is 100 Å². The van der Waals surface area contributed by atoms with Gasteiger partial charge in [0.1, 0.15) is 5.82 Å². The Morgan fingerprint density at radius 3 is 3.00 bits per heavy atom. The van der Waals surface area contributed by atoms with E-state index in [2.05, 4.69) is 0 Å². The van der Waals surface area contributed by atoms with E-state index in [-0.39, 0.29) is 11.9 Å². The van der Waals surface area contributed by atoms with Gasteiger partial charge >= 0.3 is 0 Å². The minimum absolute atomic E-state index is 0.142. The van der Waals surface area contributed by atoms with E-state index in [0.717, 1.165) is 30.1 Å². The van der Waals surface area contributed by atoms with Crippen molar-refractivity contribution in [1.29, 1.82) is 0 Å². The molecule has 0 saturated heterocycles. The summed E-state index contributed by atoms with van der Waals surface area (Å²) in [6.07, 6.45) is 1.91. The monoisotopic (exact) mass is 243 g/mol. The molecule has 0 bridgehead atoms. The number of nitrogens with two attached hydrogens (primary N) is 1. The first-order chi connectivity index (χ1) is 7.72. The van der Waals surface area contributed by atoms with Gasteiger partial charge in [-0.05, 0) is 31.0 Å². The van der Waals surface area contributed by atoms with Crippen molar-refractivity contribution in [3.63, 3.8) is 0 Å². The predicted octanol–water partition coefficient (Wildman–Crippen LogP) is 2.67. The van der Waals surface area contributed by atoms with Gasteiger partial charge in [0, 0.05) is 30.4 Å². The van der Waals surface area contributed by atoms with Crippen molar-refractivity contribution in [2.75, 3.05) is 19.5 Å². The molecule has 0 heterocycles. The van der Waals surface area contributed by atoms with E-state index >= 15 is 0 Å². The van der Waals surface area contributed by atoms with Crippen molar-refractivity contribution in [2.24, 2.45) is 5.73 Å². The van der Waals surface area contributed by atoms with Gasteiger partial charge in [-0.15, -0.1) is 11.8 Å². The van der Waals surface area contributed by atoms with Crippen LogP contribution in [0.4, 0.5) is 4.39 Å². The summed E-state index contributed by atoms with van der Waals surface area (Å²) in [6, 6.07) is 6.74. The molecule has 16 heavy (non-hydrogen) atoms. The molecule has 0 aliphatic heterocycles. The van der Waals surface area contributed by atoms with E-state index in [0.29, 0.717) is 0 Å². The fourth-order valence-electron chi connectivity index (χ4n) is 1.33. The zero-order chi connectivity index (χ0) is 11.8. The Hall–Kier alpha value is -0.580. The van der Waals surface area contributed by atoms with E-state index < -0.39 is 0 Å². The molecule has 1 aromatic rings. The summed E-state index contributed by atoms with van der Waals surface area (Å²) in [5.74, 6) is 0.616. The summed E-state index contributed by atoms with van der Waals surface area (Å²) in [4.78, 5) is 0.933. The lowest BCUT2D eigenvalue weighted by Crippen LogP contribution is -2.23. The molecule has 2 nitrogen and oxygen atoms in total. The second kappa shape index (κ2) is 7.65. The highest BCUT2D eigenvalue weighted by molar-refractivity contribution is 7.99. The Kier molecular flexibility index (Phi) is 6.45. The SMILES string of the molecule is COCCCC(N)CSc1cccc(F)c1. The average Bonchev–Trinajstić information content (AvgIpc) is 2.27. The normalized spacial score (nSPS) is 12.7. The molecule has 0 saturated carbocycles. The molecule has 4 heteroatoms. The molecule has 0 fully saturated rings. The van der Waals surface area contributed by atoms with Gasteiger partial charge in [-0.2, -0.15) is 0 Å². The lowest BCUT2D eigenvalue weighted by atomic mass is 10.2. The maximum atomic E-state index is 12.9. The number of ether oxygens (including phenoxy) is 1. The summed E-state index contributed by atoms with van der Waals surface area (Å²) in [5, 5.41) is 0. The van der Waals surface area contributed by atoms with Crippen LogP contribution in [0.2, 0.25) is 0 Å². The zero-order valence-corrected chi connectivity index (χ0v) is 10.3. The first-order valence-electron chi connectivity index (χ1n) is 5.35. The van der Waals surface area contributed by atoms with E-state index in [1.54, 1.807) is 24.9 Å². The molecule has 1 atom stereocenters. The van der Waals surface area contributed by atoms with Crippen molar-refractivity contribution >= 4 is 11.8 Å². The van der Waals surface area contributed by atoms with E-state index in [4.69, 9.17) is 10.5 Å². The summed E-state index contributed by atoms with van der Waals surface area (Å²) in [5.41, 5.74) is 5.93. The van der Waals surface area contributed by atoms with Gasteiger partial charge in [0.25, 0.3) is 0 Å². The second-order valence-electron chi connectivity index (χ2n) is 3.66. The maximum Gasteiger partial charge on any atom is 0.124 e. The van der Waals surface area contributed by atoms with Crippen molar-refractivity contribution in [2.45, 2.75) is 23.8 Å². The van der Waals surface area contributed by atoms with E-state index in [1.807, 2.05) is 6.07 Å². The number of halogens is 1. The quantitative estimate of drug-likeness (QED) is 0.590. The second-order valence-corrected chi connectivity index (χ2v) is 4.76. The van der Waals surface area contributed by atoms with E-state index in [1.165, 1.54) is 12.1 Å². The minimum Gasteiger partial charge on any atom is -0.385 e. The van der Waals surface area contributed by atoms with Gasteiger partial charge in [0.2, 0.25) is 0 Å². The summed E-state index contributed by atoms with van der Waals surface area (Å²) in [7, 11) is 1.69. The lowest BCUT2D eigenvalue weighted by molar-refractivity contribution is 0.191. The highest BCUT2D eigenvalue weighted by Crippen LogP contribution is 2.19. The number of methoxy groups -OCH3 is 1. The van der Waals surface area contributed by atoms with E-state index in [9.17, 15) is 4.39 Å². The van der Waals surface area contributed by atoms with Gasteiger partial charge in [0.05, 0.1) is 0 Å². The lowest BCUT2D eigenvalue weighted by Gasteiger charge is -2.10. The van der Waals surface area contributed by atoms with Crippen LogP contribution in [0.25, 0.3) is 0 Å². The van der Waals surface area contributed by atoms with Crippen LogP contribution in [0.5, 0.6) is 0 Å². The molecule has 0 amide bonds. The molecule has 0 spiro atoms. The van der Waals surface area contributed by atoms with Crippen LogP contribution < -0.4 is 5.73 Å². The molecular weight excluding hydrogens is 225 g/mol. The third-order valence-electron chi connectivity index (χ3n) is 2.18. The van der Waals surface area contributed by atoms with Gasteiger partial charge in [-0.1, -0.05) is 6.07 Å². The molecule has 2 N–H and O–H groups in total. The van der Waals surface area contributed by atoms with Crippen LogP contribution in [-0.2, 0) is 4.74 Å². The van der Waals surface area contributed by atoms with Crippen LogP contribution in [0, 0.1) is 5.82 Å². The molecule has 1 unspecified atom stereocenters. The van der Waals surface area contributed by atoms with Crippen molar-refractivity contribution in [3.05, 3.63) is 30.1 Å². The number of thioether (sulfide) groups is 1. The number of hydrogen-bond donors (Lipinski definition) is 1. The number of rotatable bonds is 7. The Morgan fingerprint density at radius 1 is 1.50 bits per heavy atom. The van der Waals surface area contributed by atoms with Crippen molar-refractivity contribution in [1.82, 2.24) is 0 Å². The van der Waals surface area contributed by atoms with Crippen LogP contribution >= 0.6 is 11.8 Å². The van der Waals surface area contributed by atoms with Crippen LogP contribution in [0.1, 0.15) is 12.8 Å². The molecule has 0 aromatic heterocycles. The fraction of sp³-hybridized carbons (Fsp3) is 0.500. The minimum atomic E-state index is -0.196. The van der Waals surface area contributed by atoms with Crippen LogP contribution in [0.15, 0.2) is 29.2 Å². The molecule has 0 aliphatic rings. The largest absolute Gasteiger partial charge is 0.385 e. The maximum absolute atomic E-state index is 12.9. The zero-order valence-electron chi connectivity index (χ0n) is 9.49. The first-order valence-corrected chi connectivity index (χ1v) is 6.34. The molecule has 1 rings (SSSR count). The number of hydrogen-bond acceptors (Lipinski definition) is 3. The van der Waals surface area contributed by atoms with Gasteiger partial charge in [-0.3, -0.25) is 0 Å². The van der Waals surface area contributed by atoms with Gasteiger partial charge in [0.15, 0.2) is 0 Å². The molecule has 90 valence electrons. The predicted molar refractivity (Wildman–Crippen MR) is 66.2 cm³/mol. The highest BCUT2D eigenvalue weighted by atomic mass is 32.2. The molecule has 1 aromatic carbocycles. The molecule has 0 aliphatic carbocycles. The highest BCUT2D eigenvalue weighted by Gasteiger charge is 2.04. The van der Waals surface area contributed by atoms with Gasteiger partial charge < -0.3 is 10.5 Å². The third kappa shape index (κ3) is 5.49. The number of benzene rings is 1. The Bertz CT molecular complexity index is 309. The Morgan fingerprint density at radius 2 is 2.31 bits per heavy atom. The van der Waals surface area contributed by atoms with Crippen molar-refractivity contribution in [3.8, 4) is 0 Å². The standard InChI is InChI=1S/C12H18FNOS/c1-15-7-3-5-11(14)9-16-12-6-2-4-10(13)8-12/h2,4,6,8,11H,3,5,7,9,14H2,1H3. The summed E-state index contributed by atoms with van der Waals surface area (Å²) >= 11 is 1.59. The summed E-state index contributed by atoms with van der Waals surface area (Å²) in [6.45, 7) is 0.748. The molecule has 0 radical (unpaired) electrons. The van der Waals surface area contributed by atoms with Crippen LogP contribution in [-0.4, -0.2) is 25.5 Å². The molecular formula is C12H18FNOS.